The Morgan fingerprint density at radius 1 is 1.35 bits per heavy atom. The van der Waals surface area contributed by atoms with Crippen LogP contribution < -0.4 is 9.46 Å². The van der Waals surface area contributed by atoms with Crippen molar-refractivity contribution in [1.82, 2.24) is 0 Å². The van der Waals surface area contributed by atoms with Crippen molar-refractivity contribution >= 4 is 21.7 Å². The van der Waals surface area contributed by atoms with E-state index in [1.807, 2.05) is 6.92 Å². The van der Waals surface area contributed by atoms with Crippen LogP contribution in [0.1, 0.15) is 6.92 Å². The fourth-order valence-electron chi connectivity index (χ4n) is 1.16. The second-order valence-corrected chi connectivity index (χ2v) is 4.93. The Kier molecular flexibility index (Phi) is 4.33. The third-order valence-corrected chi connectivity index (χ3v) is 2.93. The molecule has 0 radical (unpaired) electrons. The van der Waals surface area contributed by atoms with E-state index in [2.05, 4.69) is 4.72 Å². The summed E-state index contributed by atoms with van der Waals surface area (Å²) in [5.74, 6) is -1.74. The number of carboxylic acids is 1. The number of hydrogen-bond acceptors (Lipinski definition) is 4. The zero-order valence-corrected chi connectivity index (χ0v) is 10.0. The predicted octanol–water partition coefficient (Wildman–Crippen LogP) is 0.912. The van der Waals surface area contributed by atoms with Crippen LogP contribution in [0.2, 0.25) is 0 Å². The number of hydrogen-bond donors (Lipinski definition) is 2. The minimum absolute atomic E-state index is 0.301. The number of nitrogens with one attached hydrogen (secondary N) is 1. The average molecular weight is 259 g/mol. The van der Waals surface area contributed by atoms with Gasteiger partial charge < -0.3 is 9.84 Å². The normalized spacial score (nSPS) is 10.9. The lowest BCUT2D eigenvalue weighted by atomic mass is 10.3. The second kappa shape index (κ2) is 5.53. The first-order valence-corrected chi connectivity index (χ1v) is 6.53. The number of carboxylic acid groups (broad SMARTS) is 1. The maximum Gasteiger partial charge on any atom is 0.320 e. The summed E-state index contributed by atoms with van der Waals surface area (Å²) in [5, 5.41) is 8.40. The van der Waals surface area contributed by atoms with Crippen LogP contribution in [0.25, 0.3) is 0 Å². The highest BCUT2D eigenvalue weighted by Gasteiger charge is 2.15. The number of rotatable bonds is 6. The van der Waals surface area contributed by atoms with E-state index < -0.39 is 21.7 Å². The van der Waals surface area contributed by atoms with Crippen LogP contribution in [0.4, 0.5) is 5.69 Å². The van der Waals surface area contributed by atoms with Gasteiger partial charge in [0.1, 0.15) is 5.75 Å². The van der Waals surface area contributed by atoms with Gasteiger partial charge in [-0.15, -0.1) is 0 Å². The van der Waals surface area contributed by atoms with E-state index in [-0.39, 0.29) is 0 Å². The van der Waals surface area contributed by atoms with Crippen molar-refractivity contribution in [2.45, 2.75) is 6.92 Å². The van der Waals surface area contributed by atoms with Gasteiger partial charge in [0.2, 0.25) is 10.0 Å². The van der Waals surface area contributed by atoms with Gasteiger partial charge >= 0.3 is 5.97 Å². The Morgan fingerprint density at radius 2 is 1.94 bits per heavy atom. The number of anilines is 1. The smallest absolute Gasteiger partial charge is 0.320 e. The largest absolute Gasteiger partial charge is 0.494 e. The number of aliphatic carboxylic acids is 1. The molecule has 94 valence electrons. The molecule has 0 bridgehead atoms. The molecule has 0 saturated carbocycles. The molecule has 0 spiro atoms. The van der Waals surface area contributed by atoms with Gasteiger partial charge in [-0.3, -0.25) is 9.52 Å². The van der Waals surface area contributed by atoms with Crippen molar-refractivity contribution in [3.8, 4) is 5.75 Å². The van der Waals surface area contributed by atoms with Crippen LogP contribution in [0, 0.1) is 0 Å². The Balaban J connectivity index is 2.72. The molecule has 0 atom stereocenters. The van der Waals surface area contributed by atoms with Crippen LogP contribution in [-0.2, 0) is 14.8 Å². The lowest BCUT2D eigenvalue weighted by Crippen LogP contribution is -2.22. The monoisotopic (exact) mass is 259 g/mol. The zero-order chi connectivity index (χ0) is 12.9. The molecule has 1 aromatic rings. The molecule has 6 nitrogen and oxygen atoms in total. The van der Waals surface area contributed by atoms with Crippen molar-refractivity contribution in [2.75, 3.05) is 17.1 Å². The molecule has 1 rings (SSSR count). The van der Waals surface area contributed by atoms with Crippen LogP contribution in [-0.4, -0.2) is 31.9 Å². The zero-order valence-electron chi connectivity index (χ0n) is 9.21. The van der Waals surface area contributed by atoms with E-state index >= 15 is 0 Å². The molecule has 0 saturated heterocycles. The summed E-state index contributed by atoms with van der Waals surface area (Å²) in [5.41, 5.74) is 0.301. The van der Waals surface area contributed by atoms with Crippen LogP contribution >= 0.6 is 0 Å². The fourth-order valence-corrected chi connectivity index (χ4v) is 2.06. The highest BCUT2D eigenvalue weighted by Crippen LogP contribution is 2.16. The maximum absolute atomic E-state index is 11.3. The molecule has 17 heavy (non-hydrogen) atoms. The predicted molar refractivity (Wildman–Crippen MR) is 62.7 cm³/mol. The molecule has 0 aliphatic heterocycles. The van der Waals surface area contributed by atoms with E-state index in [9.17, 15) is 13.2 Å². The number of ether oxygens (including phenoxy) is 1. The average Bonchev–Trinajstić information content (AvgIpc) is 2.18. The quantitative estimate of drug-likeness (QED) is 0.792. The van der Waals surface area contributed by atoms with Crippen molar-refractivity contribution in [3.63, 3.8) is 0 Å². The van der Waals surface area contributed by atoms with Crippen LogP contribution in [0.3, 0.4) is 0 Å². The molecular formula is C10H13NO5S. The van der Waals surface area contributed by atoms with E-state index in [1.54, 1.807) is 12.1 Å². The van der Waals surface area contributed by atoms with E-state index in [0.29, 0.717) is 18.0 Å². The van der Waals surface area contributed by atoms with Gasteiger partial charge in [-0.25, -0.2) is 8.42 Å². The summed E-state index contributed by atoms with van der Waals surface area (Å²) >= 11 is 0. The molecular weight excluding hydrogens is 246 g/mol. The first-order chi connectivity index (χ1) is 7.93. The molecule has 1 aromatic carbocycles. The molecule has 0 aliphatic carbocycles. The Hall–Kier alpha value is -1.76. The number of carbonyl (C=O) groups is 1. The van der Waals surface area contributed by atoms with Crippen molar-refractivity contribution in [1.29, 1.82) is 0 Å². The SMILES string of the molecule is CCOc1ccc(NS(=O)(=O)CC(=O)O)cc1. The van der Waals surface area contributed by atoms with Crippen LogP contribution in [0.5, 0.6) is 5.75 Å². The lowest BCUT2D eigenvalue weighted by Gasteiger charge is -2.07. The molecule has 7 heteroatoms. The molecule has 0 unspecified atom stereocenters. The highest BCUT2D eigenvalue weighted by atomic mass is 32.2. The summed E-state index contributed by atoms with van der Waals surface area (Å²) in [6.45, 7) is 2.35. The number of sulfonamides is 1. The summed E-state index contributed by atoms with van der Waals surface area (Å²) in [6.07, 6.45) is 0. The second-order valence-electron chi connectivity index (χ2n) is 3.21. The first-order valence-electron chi connectivity index (χ1n) is 4.88. The molecule has 0 amide bonds. The summed E-state index contributed by atoms with van der Waals surface area (Å²) in [7, 11) is -3.85. The third kappa shape index (κ3) is 4.73. The Bertz CT molecular complexity index is 480. The Labute approximate surface area is 99.3 Å². The summed E-state index contributed by atoms with van der Waals surface area (Å²) < 4.78 is 29.9. The standard InChI is InChI=1S/C10H13NO5S/c1-2-16-9-5-3-8(4-6-9)11-17(14,15)7-10(12)13/h3-6,11H,2,7H2,1H3,(H,12,13). The molecule has 0 aliphatic rings. The number of benzene rings is 1. The van der Waals surface area contributed by atoms with Crippen molar-refractivity contribution < 1.29 is 23.1 Å². The van der Waals surface area contributed by atoms with Crippen LogP contribution in [0.15, 0.2) is 24.3 Å². The van der Waals surface area contributed by atoms with Gasteiger partial charge in [0.15, 0.2) is 5.75 Å². The van der Waals surface area contributed by atoms with Gasteiger partial charge in [-0.2, -0.15) is 0 Å². The van der Waals surface area contributed by atoms with Crippen molar-refractivity contribution in [2.24, 2.45) is 0 Å². The molecule has 0 heterocycles. The topological polar surface area (TPSA) is 92.7 Å². The Morgan fingerprint density at radius 3 is 2.41 bits per heavy atom. The van der Waals surface area contributed by atoms with E-state index in [1.165, 1.54) is 12.1 Å². The molecule has 0 aromatic heterocycles. The third-order valence-electron chi connectivity index (χ3n) is 1.75. The maximum atomic E-state index is 11.3. The van der Waals surface area contributed by atoms with E-state index in [0.717, 1.165) is 0 Å². The van der Waals surface area contributed by atoms with Crippen molar-refractivity contribution in [3.05, 3.63) is 24.3 Å². The first kappa shape index (κ1) is 13.3. The van der Waals surface area contributed by atoms with Gasteiger partial charge in [0, 0.05) is 5.69 Å². The van der Waals surface area contributed by atoms with Gasteiger partial charge in [-0.05, 0) is 31.2 Å². The summed E-state index contributed by atoms with van der Waals surface area (Å²) in [4.78, 5) is 10.3. The minimum atomic E-state index is -3.85. The minimum Gasteiger partial charge on any atom is -0.494 e. The van der Waals surface area contributed by atoms with E-state index in [4.69, 9.17) is 9.84 Å². The summed E-state index contributed by atoms with van der Waals surface area (Å²) in [6, 6.07) is 6.21. The lowest BCUT2D eigenvalue weighted by molar-refractivity contribution is -0.134. The van der Waals surface area contributed by atoms with Gasteiger partial charge in [0.05, 0.1) is 6.61 Å². The fraction of sp³-hybridized carbons (Fsp3) is 0.300. The highest BCUT2D eigenvalue weighted by molar-refractivity contribution is 7.93. The van der Waals surface area contributed by atoms with Gasteiger partial charge in [-0.1, -0.05) is 0 Å². The van der Waals surface area contributed by atoms with Gasteiger partial charge in [0.25, 0.3) is 0 Å². The molecule has 2 N–H and O–H groups in total. The molecule has 0 fully saturated rings.